The van der Waals surface area contributed by atoms with Crippen molar-refractivity contribution in [2.75, 3.05) is 7.11 Å². The predicted octanol–water partition coefficient (Wildman–Crippen LogP) is 6.23. The Kier molecular flexibility index (Phi) is 5.51. The molecule has 2 aromatic heterocycles. The van der Waals surface area contributed by atoms with Gasteiger partial charge >= 0.3 is 0 Å². The highest BCUT2D eigenvalue weighted by atomic mass is 16.6. The fraction of sp³-hybridized carbons (Fsp3) is 0.111. The molecule has 3 aromatic carbocycles. The van der Waals surface area contributed by atoms with E-state index in [2.05, 4.69) is 35.1 Å². The van der Waals surface area contributed by atoms with E-state index in [-0.39, 0.29) is 10.6 Å². The molecular formula is C27H22N4O3. The molecule has 2 heterocycles. The van der Waals surface area contributed by atoms with Crippen molar-refractivity contribution < 1.29 is 9.66 Å². The van der Waals surface area contributed by atoms with E-state index in [1.165, 1.54) is 6.07 Å². The Labute approximate surface area is 196 Å². The summed E-state index contributed by atoms with van der Waals surface area (Å²) in [7, 11) is 1.65. The number of nitro benzene ring substituents is 1. The molecule has 7 heteroatoms. The topological polar surface area (TPSA) is 83.1 Å². The molecular weight excluding hydrogens is 428 g/mol. The zero-order chi connectivity index (χ0) is 23.7. The molecule has 0 N–H and O–H groups in total. The summed E-state index contributed by atoms with van der Waals surface area (Å²) in [4.78, 5) is 19.8. The number of methoxy groups -OCH3 is 1. The van der Waals surface area contributed by atoms with E-state index < -0.39 is 0 Å². The number of hydrogen-bond donors (Lipinski definition) is 0. The van der Waals surface area contributed by atoms with Gasteiger partial charge in [0.25, 0.3) is 5.69 Å². The maximum absolute atomic E-state index is 11.4. The molecule has 0 radical (unpaired) electrons. The molecule has 168 valence electrons. The number of nitrogens with zero attached hydrogens (tertiary/aromatic N) is 4. The van der Waals surface area contributed by atoms with Crippen molar-refractivity contribution in [2.45, 2.75) is 13.3 Å². The molecule has 7 nitrogen and oxygen atoms in total. The van der Waals surface area contributed by atoms with Gasteiger partial charge in [0.1, 0.15) is 17.9 Å². The van der Waals surface area contributed by atoms with Gasteiger partial charge in [0.2, 0.25) is 0 Å². The van der Waals surface area contributed by atoms with Gasteiger partial charge in [-0.2, -0.15) is 0 Å². The van der Waals surface area contributed by atoms with Gasteiger partial charge in [-0.3, -0.25) is 10.1 Å². The van der Waals surface area contributed by atoms with E-state index in [4.69, 9.17) is 4.74 Å². The molecule has 34 heavy (non-hydrogen) atoms. The number of fused-ring (bicyclic) bond motifs is 1. The number of nitro groups is 1. The molecule has 0 aliphatic rings. The van der Waals surface area contributed by atoms with Crippen LogP contribution in [0.4, 0.5) is 5.69 Å². The predicted molar refractivity (Wildman–Crippen MR) is 132 cm³/mol. The highest BCUT2D eigenvalue weighted by Crippen LogP contribution is 2.36. The minimum atomic E-state index is -0.373. The lowest BCUT2D eigenvalue weighted by atomic mass is 10.0. The Morgan fingerprint density at radius 2 is 1.74 bits per heavy atom. The van der Waals surface area contributed by atoms with Crippen LogP contribution in [0.25, 0.3) is 39.0 Å². The van der Waals surface area contributed by atoms with Crippen LogP contribution in [0.15, 0.2) is 85.3 Å². The summed E-state index contributed by atoms with van der Waals surface area (Å²) in [6, 6.07) is 22.8. The number of aryl methyl sites for hydroxylation is 1. The first-order chi connectivity index (χ1) is 16.6. The molecule has 5 rings (SSSR count). The first kappa shape index (κ1) is 21.3. The minimum absolute atomic E-state index is 0.0589. The van der Waals surface area contributed by atoms with Gasteiger partial charge in [-0.1, -0.05) is 43.3 Å². The summed E-state index contributed by atoms with van der Waals surface area (Å²) in [5.41, 5.74) is 5.74. The van der Waals surface area contributed by atoms with Gasteiger partial charge in [0.05, 0.1) is 17.5 Å². The van der Waals surface area contributed by atoms with Gasteiger partial charge in [-0.05, 0) is 41.3 Å². The second-order valence-corrected chi connectivity index (χ2v) is 7.90. The molecule has 0 saturated heterocycles. The van der Waals surface area contributed by atoms with E-state index in [0.29, 0.717) is 0 Å². The van der Waals surface area contributed by atoms with E-state index in [0.717, 1.165) is 56.8 Å². The summed E-state index contributed by atoms with van der Waals surface area (Å²) in [6.45, 7) is 2.05. The van der Waals surface area contributed by atoms with E-state index >= 15 is 0 Å². The quantitative estimate of drug-likeness (QED) is 0.226. The zero-order valence-corrected chi connectivity index (χ0v) is 18.8. The largest absolute Gasteiger partial charge is 0.497 e. The average Bonchev–Trinajstić information content (AvgIpc) is 3.28. The number of hydrogen-bond acceptors (Lipinski definition) is 5. The van der Waals surface area contributed by atoms with Crippen LogP contribution in [0.5, 0.6) is 5.75 Å². The fourth-order valence-electron chi connectivity index (χ4n) is 4.11. The third-order valence-electron chi connectivity index (χ3n) is 5.92. The summed E-state index contributed by atoms with van der Waals surface area (Å²) in [5, 5.41) is 12.3. The molecule has 0 atom stereocenters. The molecule has 0 fully saturated rings. The fourth-order valence-corrected chi connectivity index (χ4v) is 4.11. The van der Waals surface area contributed by atoms with Crippen molar-refractivity contribution in [2.24, 2.45) is 0 Å². The van der Waals surface area contributed by atoms with Gasteiger partial charge in [-0.25, -0.2) is 9.97 Å². The van der Waals surface area contributed by atoms with Crippen LogP contribution in [0, 0.1) is 10.1 Å². The van der Waals surface area contributed by atoms with Crippen molar-refractivity contribution >= 4 is 16.6 Å². The molecule has 0 aliphatic carbocycles. The van der Waals surface area contributed by atoms with Gasteiger partial charge in [0, 0.05) is 41.0 Å². The van der Waals surface area contributed by atoms with Crippen LogP contribution in [0.1, 0.15) is 12.6 Å². The maximum Gasteiger partial charge on any atom is 0.270 e. The summed E-state index contributed by atoms with van der Waals surface area (Å²) < 4.78 is 7.31. The molecule has 0 amide bonds. The molecule has 0 unspecified atom stereocenters. The van der Waals surface area contributed by atoms with Gasteiger partial charge in [0.15, 0.2) is 0 Å². The lowest BCUT2D eigenvalue weighted by Crippen LogP contribution is -1.99. The Morgan fingerprint density at radius 3 is 2.47 bits per heavy atom. The highest BCUT2D eigenvalue weighted by molar-refractivity contribution is 5.99. The monoisotopic (exact) mass is 450 g/mol. The molecule has 0 saturated carbocycles. The number of ether oxygens (including phenoxy) is 1. The average molecular weight is 450 g/mol. The van der Waals surface area contributed by atoms with Crippen molar-refractivity contribution in [3.63, 3.8) is 0 Å². The Bertz CT molecular complexity index is 1510. The van der Waals surface area contributed by atoms with Crippen LogP contribution in [-0.2, 0) is 6.42 Å². The van der Waals surface area contributed by atoms with E-state index in [9.17, 15) is 10.1 Å². The third kappa shape index (κ3) is 3.88. The Hall–Kier alpha value is -4.52. The Morgan fingerprint density at radius 1 is 0.941 bits per heavy atom. The number of rotatable bonds is 6. The van der Waals surface area contributed by atoms with Crippen molar-refractivity contribution in [3.8, 4) is 33.8 Å². The molecule has 0 spiro atoms. The first-order valence-corrected chi connectivity index (χ1v) is 10.9. The summed E-state index contributed by atoms with van der Waals surface area (Å²) >= 11 is 0. The highest BCUT2D eigenvalue weighted by Gasteiger charge is 2.16. The first-order valence-electron chi connectivity index (χ1n) is 10.9. The van der Waals surface area contributed by atoms with Crippen LogP contribution >= 0.6 is 0 Å². The summed E-state index contributed by atoms with van der Waals surface area (Å²) in [6.07, 6.45) is 4.35. The van der Waals surface area contributed by atoms with Gasteiger partial charge < -0.3 is 9.30 Å². The third-order valence-corrected chi connectivity index (χ3v) is 5.92. The van der Waals surface area contributed by atoms with E-state index in [1.807, 2.05) is 47.2 Å². The number of non-ortho nitro benzene ring substituents is 1. The van der Waals surface area contributed by atoms with Crippen molar-refractivity contribution in [1.82, 2.24) is 14.5 Å². The van der Waals surface area contributed by atoms with Crippen molar-refractivity contribution in [1.29, 1.82) is 0 Å². The molecule has 0 aliphatic heterocycles. The normalized spacial score (nSPS) is 11.0. The van der Waals surface area contributed by atoms with Crippen LogP contribution in [0.2, 0.25) is 0 Å². The molecule has 0 bridgehead atoms. The number of benzene rings is 3. The SMILES string of the molecule is CCc1cc(-n2cc(-c3cccc([N+](=O)[O-])c3)c3ccc(-c4ccc(OC)cc4)cc32)ncn1. The van der Waals surface area contributed by atoms with Gasteiger partial charge in [-0.15, -0.1) is 0 Å². The lowest BCUT2D eigenvalue weighted by molar-refractivity contribution is -0.384. The van der Waals surface area contributed by atoms with Crippen LogP contribution in [-0.4, -0.2) is 26.6 Å². The lowest BCUT2D eigenvalue weighted by Gasteiger charge is -2.08. The second kappa shape index (κ2) is 8.78. The summed E-state index contributed by atoms with van der Waals surface area (Å²) in [5.74, 6) is 1.55. The standard InChI is InChI=1S/C27H22N4O3/c1-3-21-15-27(29-17-28-21)30-16-25(20-5-4-6-22(13-20)31(32)33)24-12-9-19(14-26(24)30)18-7-10-23(34-2)11-8-18/h4-17H,3H2,1-2H3. The van der Waals surface area contributed by atoms with Crippen molar-refractivity contribution in [3.05, 3.63) is 101 Å². The number of aromatic nitrogens is 3. The minimum Gasteiger partial charge on any atom is -0.497 e. The van der Waals surface area contributed by atoms with Crippen LogP contribution in [0.3, 0.4) is 0 Å². The zero-order valence-electron chi connectivity index (χ0n) is 18.8. The Balaban J connectivity index is 1.73. The van der Waals surface area contributed by atoms with Crippen LogP contribution < -0.4 is 4.74 Å². The molecule has 5 aromatic rings. The maximum atomic E-state index is 11.4. The smallest absolute Gasteiger partial charge is 0.270 e. The second-order valence-electron chi connectivity index (χ2n) is 7.90. The van der Waals surface area contributed by atoms with E-state index in [1.54, 1.807) is 25.6 Å².